The summed E-state index contributed by atoms with van der Waals surface area (Å²) < 4.78 is 17.4. The minimum absolute atomic E-state index is 0.646. The van der Waals surface area contributed by atoms with Gasteiger partial charge in [0, 0.05) is 24.6 Å². The van der Waals surface area contributed by atoms with Gasteiger partial charge in [0.25, 0.3) is 0 Å². The van der Waals surface area contributed by atoms with Crippen LogP contribution in [0.3, 0.4) is 0 Å². The van der Waals surface area contributed by atoms with Crippen LogP contribution in [0.1, 0.15) is 25.8 Å². The van der Waals surface area contributed by atoms with Gasteiger partial charge in [0.1, 0.15) is 0 Å². The Hall–Kier alpha value is -0.490. The monoisotopic (exact) mass is 406 g/mol. The second kappa shape index (κ2) is 10.3. The van der Waals surface area contributed by atoms with Crippen molar-refractivity contribution in [3.8, 4) is 11.5 Å². The SMILES string of the molecule is COCCCOc1cc(C[C@H](CI)C(C)C)ccc1OC. The molecular weight excluding hydrogens is 379 g/mol. The van der Waals surface area contributed by atoms with Crippen molar-refractivity contribution in [2.24, 2.45) is 11.8 Å². The van der Waals surface area contributed by atoms with E-state index in [1.165, 1.54) is 9.99 Å². The van der Waals surface area contributed by atoms with Gasteiger partial charge in [0.15, 0.2) is 11.5 Å². The molecule has 1 aromatic carbocycles. The van der Waals surface area contributed by atoms with E-state index in [2.05, 4.69) is 48.6 Å². The first kappa shape index (κ1) is 18.6. The van der Waals surface area contributed by atoms with E-state index in [1.54, 1.807) is 14.2 Å². The molecule has 0 unspecified atom stereocenters. The Morgan fingerprint density at radius 2 is 1.86 bits per heavy atom. The zero-order valence-corrected chi connectivity index (χ0v) is 15.7. The minimum Gasteiger partial charge on any atom is -0.493 e. The third-order valence-corrected chi connectivity index (χ3v) is 4.75. The molecule has 0 aromatic heterocycles. The molecule has 0 heterocycles. The van der Waals surface area contributed by atoms with Crippen LogP contribution in [-0.4, -0.2) is 31.9 Å². The molecule has 0 spiro atoms. The quantitative estimate of drug-likeness (QED) is 0.328. The van der Waals surface area contributed by atoms with Crippen LogP contribution in [0.4, 0.5) is 0 Å². The highest BCUT2D eigenvalue weighted by Crippen LogP contribution is 2.30. The van der Waals surface area contributed by atoms with E-state index in [4.69, 9.17) is 14.2 Å². The summed E-state index contributed by atoms with van der Waals surface area (Å²) >= 11 is 2.48. The van der Waals surface area contributed by atoms with Crippen LogP contribution in [0.15, 0.2) is 18.2 Å². The second-order valence-electron chi connectivity index (χ2n) is 5.54. The molecule has 0 aliphatic heterocycles. The van der Waals surface area contributed by atoms with E-state index < -0.39 is 0 Å². The Morgan fingerprint density at radius 1 is 1.10 bits per heavy atom. The summed E-state index contributed by atoms with van der Waals surface area (Å²) in [5.41, 5.74) is 1.31. The fourth-order valence-corrected chi connectivity index (χ4v) is 3.45. The molecule has 0 saturated carbocycles. The Morgan fingerprint density at radius 3 is 2.43 bits per heavy atom. The Balaban J connectivity index is 2.74. The lowest BCUT2D eigenvalue weighted by atomic mass is 9.91. The average molecular weight is 406 g/mol. The Kier molecular flexibility index (Phi) is 9.08. The van der Waals surface area contributed by atoms with Gasteiger partial charge in [-0.2, -0.15) is 0 Å². The third-order valence-electron chi connectivity index (χ3n) is 3.62. The molecule has 0 fully saturated rings. The van der Waals surface area contributed by atoms with E-state index in [0.29, 0.717) is 25.0 Å². The predicted octanol–water partition coefficient (Wildman–Crippen LogP) is 4.36. The van der Waals surface area contributed by atoms with Gasteiger partial charge >= 0.3 is 0 Å². The first-order chi connectivity index (χ1) is 10.1. The second-order valence-corrected chi connectivity index (χ2v) is 6.42. The summed E-state index contributed by atoms with van der Waals surface area (Å²) in [5.74, 6) is 3.02. The normalized spacial score (nSPS) is 12.5. The van der Waals surface area contributed by atoms with E-state index >= 15 is 0 Å². The number of ether oxygens (including phenoxy) is 3. The summed E-state index contributed by atoms with van der Waals surface area (Å²) in [6.45, 7) is 5.93. The third kappa shape index (κ3) is 6.43. The van der Waals surface area contributed by atoms with Crippen LogP contribution in [-0.2, 0) is 11.2 Å². The van der Waals surface area contributed by atoms with Crippen molar-refractivity contribution in [3.05, 3.63) is 23.8 Å². The van der Waals surface area contributed by atoms with Crippen LogP contribution in [0, 0.1) is 11.8 Å². The maximum atomic E-state index is 5.84. The molecule has 0 saturated heterocycles. The number of benzene rings is 1. The molecule has 0 radical (unpaired) electrons. The van der Waals surface area contributed by atoms with Crippen LogP contribution in [0.5, 0.6) is 11.5 Å². The van der Waals surface area contributed by atoms with Crippen molar-refractivity contribution in [2.45, 2.75) is 26.7 Å². The topological polar surface area (TPSA) is 27.7 Å². The highest BCUT2D eigenvalue weighted by Gasteiger charge is 2.14. The van der Waals surface area contributed by atoms with E-state index in [-0.39, 0.29) is 0 Å². The maximum Gasteiger partial charge on any atom is 0.161 e. The molecule has 4 heteroatoms. The number of hydrogen-bond donors (Lipinski definition) is 0. The Bertz CT molecular complexity index is 407. The fraction of sp³-hybridized carbons (Fsp3) is 0.647. The molecule has 0 aliphatic rings. The molecule has 0 amide bonds. The smallest absolute Gasteiger partial charge is 0.161 e. The highest BCUT2D eigenvalue weighted by molar-refractivity contribution is 14.1. The van der Waals surface area contributed by atoms with Crippen molar-refractivity contribution < 1.29 is 14.2 Å². The van der Waals surface area contributed by atoms with E-state index in [9.17, 15) is 0 Å². The minimum atomic E-state index is 0.646. The molecule has 21 heavy (non-hydrogen) atoms. The number of methoxy groups -OCH3 is 2. The highest BCUT2D eigenvalue weighted by atomic mass is 127. The zero-order valence-electron chi connectivity index (χ0n) is 13.5. The zero-order chi connectivity index (χ0) is 15.7. The number of alkyl halides is 1. The number of rotatable bonds is 10. The summed E-state index contributed by atoms with van der Waals surface area (Å²) in [4.78, 5) is 0. The van der Waals surface area contributed by atoms with Gasteiger partial charge in [-0.25, -0.2) is 0 Å². The predicted molar refractivity (Wildman–Crippen MR) is 95.9 cm³/mol. The van der Waals surface area contributed by atoms with Gasteiger partial charge in [-0.1, -0.05) is 42.5 Å². The molecule has 0 N–H and O–H groups in total. The molecule has 1 atom stereocenters. The first-order valence-corrected chi connectivity index (χ1v) is 8.99. The van der Waals surface area contributed by atoms with Gasteiger partial charge in [-0.15, -0.1) is 0 Å². The standard InChI is InChI=1S/C17H27IO3/c1-13(2)15(12-18)10-14-6-7-16(20-4)17(11-14)21-9-5-8-19-3/h6-7,11,13,15H,5,8-10,12H2,1-4H3/t15-/m1/s1. The van der Waals surface area contributed by atoms with Gasteiger partial charge in [-0.3, -0.25) is 0 Å². The average Bonchev–Trinajstić information content (AvgIpc) is 2.49. The van der Waals surface area contributed by atoms with Crippen molar-refractivity contribution in [3.63, 3.8) is 0 Å². The van der Waals surface area contributed by atoms with Crippen LogP contribution < -0.4 is 9.47 Å². The van der Waals surface area contributed by atoms with Crippen molar-refractivity contribution in [1.82, 2.24) is 0 Å². The van der Waals surface area contributed by atoms with Crippen LogP contribution >= 0.6 is 22.6 Å². The number of hydrogen-bond acceptors (Lipinski definition) is 3. The van der Waals surface area contributed by atoms with Crippen LogP contribution in [0.25, 0.3) is 0 Å². The summed E-state index contributed by atoms with van der Waals surface area (Å²) in [7, 11) is 3.38. The van der Waals surface area contributed by atoms with E-state index in [1.807, 2.05) is 6.07 Å². The molecule has 3 nitrogen and oxygen atoms in total. The van der Waals surface area contributed by atoms with Crippen LogP contribution in [0.2, 0.25) is 0 Å². The van der Waals surface area contributed by atoms with Crippen molar-refractivity contribution in [1.29, 1.82) is 0 Å². The molecule has 120 valence electrons. The summed E-state index contributed by atoms with van der Waals surface area (Å²) in [5, 5.41) is 0. The van der Waals surface area contributed by atoms with Gasteiger partial charge in [-0.05, 0) is 36.0 Å². The van der Waals surface area contributed by atoms with Gasteiger partial charge in [0.2, 0.25) is 0 Å². The lowest BCUT2D eigenvalue weighted by molar-refractivity contribution is 0.170. The van der Waals surface area contributed by atoms with Gasteiger partial charge < -0.3 is 14.2 Å². The largest absolute Gasteiger partial charge is 0.493 e. The molecule has 1 aromatic rings. The summed E-state index contributed by atoms with van der Waals surface area (Å²) in [6.07, 6.45) is 1.96. The Labute approximate surface area is 142 Å². The first-order valence-electron chi connectivity index (χ1n) is 7.47. The molecule has 0 bridgehead atoms. The lowest BCUT2D eigenvalue weighted by Gasteiger charge is -2.19. The van der Waals surface area contributed by atoms with E-state index in [0.717, 1.165) is 24.3 Å². The molecule has 1 rings (SSSR count). The molecule has 0 aliphatic carbocycles. The van der Waals surface area contributed by atoms with Gasteiger partial charge in [0.05, 0.1) is 13.7 Å². The summed E-state index contributed by atoms with van der Waals surface area (Å²) in [6, 6.07) is 6.27. The molecular formula is C17H27IO3. The number of halogens is 1. The van der Waals surface area contributed by atoms with Crippen molar-refractivity contribution >= 4 is 22.6 Å². The maximum absolute atomic E-state index is 5.84. The fourth-order valence-electron chi connectivity index (χ4n) is 2.12. The van der Waals surface area contributed by atoms with Crippen molar-refractivity contribution in [2.75, 3.05) is 31.9 Å². The lowest BCUT2D eigenvalue weighted by Crippen LogP contribution is -2.13.